The van der Waals surface area contributed by atoms with Crippen LogP contribution in [-0.4, -0.2) is 21.0 Å². The van der Waals surface area contributed by atoms with Gasteiger partial charge in [-0.2, -0.15) is 0 Å². The highest BCUT2D eigenvalue weighted by molar-refractivity contribution is 5.85. The Balaban J connectivity index is 1.45. The number of aromatic nitrogens is 2. The van der Waals surface area contributed by atoms with Crippen LogP contribution in [0.25, 0.3) is 40.6 Å². The fourth-order valence-corrected chi connectivity index (χ4v) is 3.59. The van der Waals surface area contributed by atoms with Crippen molar-refractivity contribution < 1.29 is 9.90 Å². The first-order valence-electron chi connectivity index (χ1n) is 10.4. The van der Waals surface area contributed by atoms with Crippen LogP contribution in [0.1, 0.15) is 28.1 Å². The Hall–Kier alpha value is -4.18. The molecule has 158 valence electrons. The van der Waals surface area contributed by atoms with E-state index >= 15 is 0 Å². The highest BCUT2D eigenvalue weighted by Gasteiger charge is 2.05. The molecule has 4 rings (SSSR count). The highest BCUT2D eigenvalue weighted by Crippen LogP contribution is 2.24. The number of carboxylic acids is 1. The second kappa shape index (κ2) is 9.31. The molecule has 0 fully saturated rings. The maximum atomic E-state index is 10.6. The van der Waals surface area contributed by atoms with Crippen molar-refractivity contribution in [3.63, 3.8) is 0 Å². The minimum absolute atomic E-state index is 0.814. The molecule has 0 saturated heterocycles. The number of H-pyrrole nitrogens is 1. The number of carbonyl (C=O) groups is 1. The molecule has 0 aliphatic carbocycles. The monoisotopic (exact) mass is 420 g/mol. The van der Waals surface area contributed by atoms with Gasteiger partial charge in [0.2, 0.25) is 0 Å². The van der Waals surface area contributed by atoms with E-state index < -0.39 is 5.97 Å². The molecule has 0 spiro atoms. The third-order valence-corrected chi connectivity index (χ3v) is 5.27. The maximum absolute atomic E-state index is 10.6. The number of rotatable bonds is 6. The van der Waals surface area contributed by atoms with Gasteiger partial charge in [-0.3, -0.25) is 0 Å². The van der Waals surface area contributed by atoms with Gasteiger partial charge in [0.25, 0.3) is 0 Å². The van der Waals surface area contributed by atoms with E-state index in [0.717, 1.165) is 45.4 Å². The van der Waals surface area contributed by atoms with Crippen molar-refractivity contribution in [2.24, 2.45) is 0 Å². The van der Waals surface area contributed by atoms with E-state index in [2.05, 4.69) is 66.3 Å². The van der Waals surface area contributed by atoms with Gasteiger partial charge in [0.1, 0.15) is 5.82 Å². The number of hydrogen-bond acceptors (Lipinski definition) is 2. The summed E-state index contributed by atoms with van der Waals surface area (Å²) in [7, 11) is 0. The van der Waals surface area contributed by atoms with E-state index in [0.29, 0.717) is 0 Å². The van der Waals surface area contributed by atoms with Crippen LogP contribution in [-0.2, 0) is 4.79 Å². The summed E-state index contributed by atoms with van der Waals surface area (Å²) in [5.74, 6) is -0.136. The Bertz CT molecular complexity index is 1290. The number of aryl methyl sites for hydroxylation is 2. The summed E-state index contributed by atoms with van der Waals surface area (Å²) in [6.07, 6.45) is 8.61. The van der Waals surface area contributed by atoms with Gasteiger partial charge in [-0.25, -0.2) is 9.78 Å². The van der Waals surface area contributed by atoms with E-state index in [1.807, 2.05) is 42.6 Å². The average molecular weight is 421 g/mol. The van der Waals surface area contributed by atoms with Crippen molar-refractivity contribution in [1.29, 1.82) is 0 Å². The zero-order valence-electron chi connectivity index (χ0n) is 18.0. The number of hydrogen-bond donors (Lipinski definition) is 2. The number of nitrogens with one attached hydrogen (secondary N) is 1. The number of nitrogens with zero attached hydrogens (tertiary/aromatic N) is 1. The topological polar surface area (TPSA) is 66.0 Å². The summed E-state index contributed by atoms with van der Waals surface area (Å²) < 4.78 is 0. The molecule has 0 radical (unpaired) electrons. The molecule has 0 saturated carbocycles. The second-order valence-electron chi connectivity index (χ2n) is 7.75. The van der Waals surface area contributed by atoms with Crippen LogP contribution in [0.5, 0.6) is 0 Å². The summed E-state index contributed by atoms with van der Waals surface area (Å²) in [6.45, 7) is 4.21. The van der Waals surface area contributed by atoms with Crippen LogP contribution in [0.2, 0.25) is 0 Å². The van der Waals surface area contributed by atoms with E-state index in [1.165, 1.54) is 11.1 Å². The van der Waals surface area contributed by atoms with Crippen LogP contribution in [0.3, 0.4) is 0 Å². The number of carboxylic acid groups (broad SMARTS) is 1. The number of benzene rings is 3. The molecule has 0 aliphatic heterocycles. The standard InChI is InChI=1S/C28H24N2O2/c1-19-3-14-25(20(2)17-19)26-18-29-27(30-26)15-8-21-4-10-23(11-5-21)24-12-6-22(7-13-24)9-16-28(31)32/h3-18H,1-2H3,(H,29,30)(H,31,32)/b15-8+,16-9+. The van der Waals surface area contributed by atoms with Crippen LogP contribution in [0.4, 0.5) is 0 Å². The molecule has 0 aliphatic rings. The molecule has 0 amide bonds. The normalized spacial score (nSPS) is 11.4. The smallest absolute Gasteiger partial charge is 0.328 e. The van der Waals surface area contributed by atoms with Gasteiger partial charge in [0.05, 0.1) is 11.9 Å². The molecule has 32 heavy (non-hydrogen) atoms. The second-order valence-corrected chi connectivity index (χ2v) is 7.75. The Morgan fingerprint density at radius 2 is 1.47 bits per heavy atom. The van der Waals surface area contributed by atoms with Gasteiger partial charge in [-0.1, -0.05) is 78.4 Å². The quantitative estimate of drug-likeness (QED) is 0.344. The summed E-state index contributed by atoms with van der Waals surface area (Å²) in [6, 6.07) is 22.5. The number of aliphatic carboxylic acids is 1. The van der Waals surface area contributed by atoms with Crippen molar-refractivity contribution in [3.05, 3.63) is 107 Å². The van der Waals surface area contributed by atoms with E-state index in [1.54, 1.807) is 6.08 Å². The lowest BCUT2D eigenvalue weighted by atomic mass is 10.0. The summed E-state index contributed by atoms with van der Waals surface area (Å²) in [4.78, 5) is 18.5. The molecule has 0 bridgehead atoms. The summed E-state index contributed by atoms with van der Waals surface area (Å²) in [5.41, 5.74) is 8.78. The van der Waals surface area contributed by atoms with Gasteiger partial charge in [0.15, 0.2) is 0 Å². The fourth-order valence-electron chi connectivity index (χ4n) is 3.59. The zero-order valence-corrected chi connectivity index (χ0v) is 18.0. The van der Waals surface area contributed by atoms with Crippen LogP contribution in [0, 0.1) is 13.8 Å². The lowest BCUT2D eigenvalue weighted by molar-refractivity contribution is -0.131. The predicted molar refractivity (Wildman–Crippen MR) is 131 cm³/mol. The van der Waals surface area contributed by atoms with Gasteiger partial charge in [0, 0.05) is 11.6 Å². The van der Waals surface area contributed by atoms with Gasteiger partial charge < -0.3 is 10.1 Å². The Morgan fingerprint density at radius 3 is 2.06 bits per heavy atom. The highest BCUT2D eigenvalue weighted by atomic mass is 16.4. The predicted octanol–water partition coefficient (Wildman–Crippen LogP) is 6.63. The largest absolute Gasteiger partial charge is 0.478 e. The molecule has 1 heterocycles. The SMILES string of the molecule is Cc1ccc(-c2cnc(/C=C/c3ccc(-c4ccc(/C=C/C(=O)O)cc4)cc3)[nH]2)c(C)c1. The lowest BCUT2D eigenvalue weighted by Crippen LogP contribution is -1.85. The van der Waals surface area contributed by atoms with Crippen LogP contribution >= 0.6 is 0 Å². The fraction of sp³-hybridized carbons (Fsp3) is 0.0714. The summed E-state index contributed by atoms with van der Waals surface area (Å²) >= 11 is 0. The molecule has 1 aromatic heterocycles. The number of imidazole rings is 1. The molecule has 0 atom stereocenters. The molecule has 3 aromatic carbocycles. The third kappa shape index (κ3) is 5.10. The Labute approximate surface area is 187 Å². The van der Waals surface area contributed by atoms with Crippen molar-refractivity contribution in [3.8, 4) is 22.4 Å². The average Bonchev–Trinajstić information content (AvgIpc) is 3.26. The van der Waals surface area contributed by atoms with Gasteiger partial charge >= 0.3 is 5.97 Å². The van der Waals surface area contributed by atoms with E-state index in [9.17, 15) is 4.79 Å². The third-order valence-electron chi connectivity index (χ3n) is 5.27. The molecule has 2 N–H and O–H groups in total. The van der Waals surface area contributed by atoms with E-state index in [4.69, 9.17) is 5.11 Å². The molecule has 4 aromatic rings. The molecular weight excluding hydrogens is 396 g/mol. The summed E-state index contributed by atoms with van der Waals surface area (Å²) in [5, 5.41) is 8.73. The van der Waals surface area contributed by atoms with Crippen LogP contribution < -0.4 is 0 Å². The lowest BCUT2D eigenvalue weighted by Gasteiger charge is -2.04. The maximum Gasteiger partial charge on any atom is 0.328 e. The van der Waals surface area contributed by atoms with Crippen LogP contribution in [0.15, 0.2) is 79.0 Å². The minimum atomic E-state index is -0.950. The first-order valence-corrected chi connectivity index (χ1v) is 10.4. The molecule has 0 unspecified atom stereocenters. The molecular formula is C28H24N2O2. The van der Waals surface area contributed by atoms with Crippen molar-refractivity contribution in [2.75, 3.05) is 0 Å². The molecule has 4 heteroatoms. The van der Waals surface area contributed by atoms with Crippen molar-refractivity contribution in [2.45, 2.75) is 13.8 Å². The van der Waals surface area contributed by atoms with Gasteiger partial charge in [-0.05, 0) is 53.8 Å². The van der Waals surface area contributed by atoms with Crippen molar-refractivity contribution in [1.82, 2.24) is 9.97 Å². The zero-order chi connectivity index (χ0) is 22.5. The Morgan fingerprint density at radius 1 is 0.844 bits per heavy atom. The minimum Gasteiger partial charge on any atom is -0.478 e. The number of aromatic amines is 1. The Kier molecular flexibility index (Phi) is 6.13. The van der Waals surface area contributed by atoms with E-state index in [-0.39, 0.29) is 0 Å². The first kappa shape index (κ1) is 21.1. The molecule has 4 nitrogen and oxygen atoms in total. The van der Waals surface area contributed by atoms with Gasteiger partial charge in [-0.15, -0.1) is 0 Å². The first-order chi connectivity index (χ1) is 15.5. The van der Waals surface area contributed by atoms with Crippen molar-refractivity contribution >= 4 is 24.2 Å².